The Kier molecular flexibility index (Phi) is 7.45. The standard InChI is InChI=1S/C17H28N2O2S/c1-12(2)10-19(11-13(3)4)17(22)18-15-8-7-14(20-5)9-16(15)21-6/h7-9,12-13H,10-11H2,1-6H3,(H,18,22). The first-order chi connectivity index (χ1) is 10.4. The molecule has 0 radical (unpaired) electrons. The van der Waals surface area contributed by atoms with Crippen molar-refractivity contribution in [3.8, 4) is 11.5 Å². The number of methoxy groups -OCH3 is 2. The van der Waals surface area contributed by atoms with Gasteiger partial charge in [0.2, 0.25) is 0 Å². The molecule has 0 heterocycles. The number of thiocarbonyl (C=S) groups is 1. The third-order valence-corrected chi connectivity index (χ3v) is 3.47. The Labute approximate surface area is 139 Å². The minimum Gasteiger partial charge on any atom is -0.497 e. The van der Waals surface area contributed by atoms with Gasteiger partial charge in [0.05, 0.1) is 19.9 Å². The van der Waals surface area contributed by atoms with E-state index in [4.69, 9.17) is 21.7 Å². The summed E-state index contributed by atoms with van der Waals surface area (Å²) in [5.74, 6) is 2.58. The van der Waals surface area contributed by atoms with Crippen molar-refractivity contribution >= 4 is 23.0 Å². The van der Waals surface area contributed by atoms with Crippen molar-refractivity contribution in [3.63, 3.8) is 0 Å². The zero-order chi connectivity index (χ0) is 16.7. The predicted octanol–water partition coefficient (Wildman–Crippen LogP) is 4.01. The molecule has 0 aliphatic rings. The molecule has 1 aromatic rings. The molecule has 1 aromatic carbocycles. The third-order valence-electron chi connectivity index (χ3n) is 3.11. The van der Waals surface area contributed by atoms with Crippen molar-refractivity contribution in [2.24, 2.45) is 11.8 Å². The maximum atomic E-state index is 5.59. The van der Waals surface area contributed by atoms with Crippen molar-refractivity contribution in [2.75, 3.05) is 32.6 Å². The highest BCUT2D eigenvalue weighted by molar-refractivity contribution is 7.80. The van der Waals surface area contributed by atoms with E-state index in [1.54, 1.807) is 14.2 Å². The lowest BCUT2D eigenvalue weighted by Gasteiger charge is -2.29. The second-order valence-corrected chi connectivity index (χ2v) is 6.58. The number of nitrogens with one attached hydrogen (secondary N) is 1. The van der Waals surface area contributed by atoms with Gasteiger partial charge in [-0.2, -0.15) is 0 Å². The average molecular weight is 324 g/mol. The molecule has 0 saturated heterocycles. The van der Waals surface area contributed by atoms with Gasteiger partial charge in [0.25, 0.3) is 0 Å². The predicted molar refractivity (Wildman–Crippen MR) is 97.0 cm³/mol. The van der Waals surface area contributed by atoms with Crippen molar-refractivity contribution in [1.82, 2.24) is 4.90 Å². The molecule has 4 nitrogen and oxygen atoms in total. The Bertz CT molecular complexity index is 480. The number of hydrogen-bond acceptors (Lipinski definition) is 3. The SMILES string of the molecule is COc1ccc(NC(=S)N(CC(C)C)CC(C)C)c(OC)c1. The summed E-state index contributed by atoms with van der Waals surface area (Å²) in [5, 5.41) is 4.03. The van der Waals surface area contributed by atoms with Crippen LogP contribution >= 0.6 is 12.2 Å². The molecule has 5 heteroatoms. The molecule has 1 rings (SSSR count). The molecule has 0 saturated carbocycles. The van der Waals surface area contributed by atoms with Crippen molar-refractivity contribution in [3.05, 3.63) is 18.2 Å². The van der Waals surface area contributed by atoms with Crippen LogP contribution in [0.1, 0.15) is 27.7 Å². The second kappa shape index (κ2) is 8.83. The Hall–Kier alpha value is -1.49. The van der Waals surface area contributed by atoms with Gasteiger partial charge in [-0.1, -0.05) is 27.7 Å². The largest absolute Gasteiger partial charge is 0.497 e. The molecule has 1 N–H and O–H groups in total. The molecule has 0 spiro atoms. The van der Waals surface area contributed by atoms with Gasteiger partial charge in [0.1, 0.15) is 11.5 Å². The highest BCUT2D eigenvalue weighted by Gasteiger charge is 2.15. The Morgan fingerprint density at radius 2 is 1.68 bits per heavy atom. The number of nitrogens with zero attached hydrogens (tertiary/aromatic N) is 1. The first kappa shape index (κ1) is 18.6. The van der Waals surface area contributed by atoms with Gasteiger partial charge in [0, 0.05) is 19.2 Å². The molecule has 124 valence electrons. The van der Waals surface area contributed by atoms with E-state index in [-0.39, 0.29) is 0 Å². The van der Waals surface area contributed by atoms with Gasteiger partial charge in [-0.3, -0.25) is 0 Å². The lowest BCUT2D eigenvalue weighted by molar-refractivity contribution is 0.332. The van der Waals surface area contributed by atoms with Crippen LogP contribution in [0.5, 0.6) is 11.5 Å². The van der Waals surface area contributed by atoms with Gasteiger partial charge in [-0.15, -0.1) is 0 Å². The molecule has 22 heavy (non-hydrogen) atoms. The highest BCUT2D eigenvalue weighted by Crippen LogP contribution is 2.29. The van der Waals surface area contributed by atoms with Crippen LogP contribution in [-0.2, 0) is 0 Å². The second-order valence-electron chi connectivity index (χ2n) is 6.19. The third kappa shape index (κ3) is 5.72. The fraction of sp³-hybridized carbons (Fsp3) is 0.588. The number of anilines is 1. The van der Waals surface area contributed by atoms with Gasteiger partial charge in [-0.05, 0) is 36.2 Å². The van der Waals surface area contributed by atoms with Crippen molar-refractivity contribution < 1.29 is 9.47 Å². The molecule has 0 aliphatic carbocycles. The summed E-state index contributed by atoms with van der Waals surface area (Å²) >= 11 is 5.59. The van der Waals surface area contributed by atoms with E-state index >= 15 is 0 Å². The topological polar surface area (TPSA) is 33.7 Å². The molecular formula is C17H28N2O2S. The molecule has 0 aromatic heterocycles. The van der Waals surface area contributed by atoms with Gasteiger partial charge >= 0.3 is 0 Å². The molecule has 0 atom stereocenters. The van der Waals surface area contributed by atoms with E-state index in [2.05, 4.69) is 37.9 Å². The van der Waals surface area contributed by atoms with Crippen LogP contribution in [0.25, 0.3) is 0 Å². The minimum atomic E-state index is 0.552. The maximum absolute atomic E-state index is 5.59. The first-order valence-corrected chi connectivity index (χ1v) is 8.06. The number of ether oxygens (including phenoxy) is 2. The summed E-state index contributed by atoms with van der Waals surface area (Å²) < 4.78 is 10.6. The number of hydrogen-bond donors (Lipinski definition) is 1. The zero-order valence-electron chi connectivity index (χ0n) is 14.5. The lowest BCUT2D eigenvalue weighted by Crippen LogP contribution is -2.39. The van der Waals surface area contributed by atoms with Crippen LogP contribution < -0.4 is 14.8 Å². The Balaban J connectivity index is 2.88. The highest BCUT2D eigenvalue weighted by atomic mass is 32.1. The summed E-state index contributed by atoms with van der Waals surface area (Å²) in [6.45, 7) is 10.7. The number of rotatable bonds is 7. The van der Waals surface area contributed by atoms with Crippen LogP contribution in [-0.4, -0.2) is 37.3 Å². The minimum absolute atomic E-state index is 0.552. The Morgan fingerprint density at radius 3 is 2.14 bits per heavy atom. The lowest BCUT2D eigenvalue weighted by atomic mass is 10.1. The Morgan fingerprint density at radius 1 is 1.09 bits per heavy atom. The normalized spacial score (nSPS) is 10.7. The van der Waals surface area contributed by atoms with E-state index in [1.165, 1.54) is 0 Å². The van der Waals surface area contributed by atoms with E-state index in [0.29, 0.717) is 11.8 Å². The number of benzene rings is 1. The van der Waals surface area contributed by atoms with Crippen LogP contribution in [0.4, 0.5) is 5.69 Å². The van der Waals surface area contributed by atoms with E-state index < -0.39 is 0 Å². The summed E-state index contributed by atoms with van der Waals surface area (Å²) in [6, 6.07) is 5.66. The van der Waals surface area contributed by atoms with Crippen LogP contribution in [0.2, 0.25) is 0 Å². The van der Waals surface area contributed by atoms with Crippen molar-refractivity contribution in [1.29, 1.82) is 0 Å². The maximum Gasteiger partial charge on any atom is 0.173 e. The summed E-state index contributed by atoms with van der Waals surface area (Å²) in [6.07, 6.45) is 0. The zero-order valence-corrected chi connectivity index (χ0v) is 15.3. The summed E-state index contributed by atoms with van der Waals surface area (Å²) in [7, 11) is 3.28. The van der Waals surface area contributed by atoms with Crippen LogP contribution in [0.15, 0.2) is 18.2 Å². The fourth-order valence-corrected chi connectivity index (χ4v) is 2.48. The quantitative estimate of drug-likeness (QED) is 0.766. The first-order valence-electron chi connectivity index (χ1n) is 7.65. The van der Waals surface area contributed by atoms with Crippen molar-refractivity contribution in [2.45, 2.75) is 27.7 Å². The molecule has 0 aliphatic heterocycles. The molecule has 0 unspecified atom stereocenters. The van der Waals surface area contributed by atoms with Gasteiger partial charge in [-0.25, -0.2) is 0 Å². The van der Waals surface area contributed by atoms with E-state index in [9.17, 15) is 0 Å². The molecule has 0 amide bonds. The smallest absolute Gasteiger partial charge is 0.173 e. The summed E-state index contributed by atoms with van der Waals surface area (Å²) in [5.41, 5.74) is 0.853. The van der Waals surface area contributed by atoms with Crippen LogP contribution in [0, 0.1) is 11.8 Å². The fourth-order valence-electron chi connectivity index (χ4n) is 2.22. The van der Waals surface area contributed by atoms with Crippen LogP contribution in [0.3, 0.4) is 0 Å². The van der Waals surface area contributed by atoms with Gasteiger partial charge < -0.3 is 19.7 Å². The monoisotopic (exact) mass is 324 g/mol. The van der Waals surface area contributed by atoms with E-state index in [0.717, 1.165) is 35.4 Å². The van der Waals surface area contributed by atoms with Gasteiger partial charge in [0.15, 0.2) is 5.11 Å². The average Bonchev–Trinajstić information content (AvgIpc) is 2.45. The molecule has 0 bridgehead atoms. The summed E-state index contributed by atoms with van der Waals surface area (Å²) in [4.78, 5) is 2.22. The molecule has 0 fully saturated rings. The molecular weight excluding hydrogens is 296 g/mol. The van der Waals surface area contributed by atoms with E-state index in [1.807, 2.05) is 18.2 Å².